The molecule has 2 aromatic carbocycles. The summed E-state index contributed by atoms with van der Waals surface area (Å²) in [7, 11) is 1.66. The Hall–Kier alpha value is -4.79. The average Bonchev–Trinajstić information content (AvgIpc) is 3.51. The number of aromatic nitrogens is 5. The second kappa shape index (κ2) is 9.93. The molecule has 0 unspecified atom stereocenters. The van der Waals surface area contributed by atoms with E-state index in [4.69, 9.17) is 19.8 Å². The molecule has 0 aliphatic carbocycles. The van der Waals surface area contributed by atoms with Crippen molar-refractivity contribution in [3.8, 4) is 17.0 Å². The van der Waals surface area contributed by atoms with Gasteiger partial charge in [-0.15, -0.1) is 0 Å². The molecule has 6 rings (SSSR count). The lowest BCUT2D eigenvalue weighted by molar-refractivity contribution is -0.117. The van der Waals surface area contributed by atoms with Crippen molar-refractivity contribution >= 4 is 34.1 Å². The third-order valence-corrected chi connectivity index (χ3v) is 6.70. The largest absolute Gasteiger partial charge is 0.497 e. The lowest BCUT2D eigenvalue weighted by Crippen LogP contribution is -2.23. The topological polar surface area (TPSA) is 98.1 Å². The van der Waals surface area contributed by atoms with Gasteiger partial charge >= 0.3 is 0 Å². The molecule has 1 amide bonds. The van der Waals surface area contributed by atoms with Crippen LogP contribution in [-0.4, -0.2) is 44.3 Å². The van der Waals surface area contributed by atoms with Gasteiger partial charge in [0.05, 0.1) is 37.4 Å². The number of anilines is 3. The van der Waals surface area contributed by atoms with E-state index in [1.54, 1.807) is 25.7 Å². The Labute approximate surface area is 220 Å². The van der Waals surface area contributed by atoms with Crippen LogP contribution in [0.3, 0.4) is 0 Å². The Bertz CT molecular complexity index is 1630. The number of benzene rings is 2. The maximum absolute atomic E-state index is 12.1. The summed E-state index contributed by atoms with van der Waals surface area (Å²) in [6.45, 7) is 3.35. The predicted octanol–water partition coefficient (Wildman–Crippen LogP) is 5.12. The minimum absolute atomic E-state index is 0.162. The molecule has 1 fully saturated rings. The molecule has 0 spiro atoms. The predicted molar refractivity (Wildman–Crippen MR) is 147 cm³/mol. The summed E-state index contributed by atoms with van der Waals surface area (Å²) in [5, 5.41) is 9.02. The van der Waals surface area contributed by atoms with E-state index in [0.717, 1.165) is 57.9 Å². The van der Waals surface area contributed by atoms with Crippen LogP contribution in [0.4, 0.5) is 17.2 Å². The van der Waals surface area contributed by atoms with E-state index >= 15 is 0 Å². The molecule has 3 aromatic heterocycles. The standard InChI is InChI=1S/C29H27N7O2/c1-19-25-13-21(15-31-29(25)36(34-19)18-20-8-10-24(38-2)11-9-20)26-16-30-17-27(33-26)32-22-5-3-6-23(14-22)35-12-4-7-28(35)37/h3,5-6,8-11,13-17H,4,7,12,18H2,1-2H3,(H,32,33). The highest BCUT2D eigenvalue weighted by molar-refractivity contribution is 5.95. The summed E-state index contributed by atoms with van der Waals surface area (Å²) in [5.41, 5.74) is 6.13. The van der Waals surface area contributed by atoms with Crippen LogP contribution < -0.4 is 15.0 Å². The van der Waals surface area contributed by atoms with E-state index in [2.05, 4.69) is 16.4 Å². The van der Waals surface area contributed by atoms with Crippen molar-refractivity contribution in [2.45, 2.75) is 26.3 Å². The lowest BCUT2D eigenvalue weighted by Gasteiger charge is -2.17. The maximum atomic E-state index is 12.1. The first-order valence-corrected chi connectivity index (χ1v) is 12.5. The van der Waals surface area contributed by atoms with Crippen molar-refractivity contribution in [1.29, 1.82) is 0 Å². The van der Waals surface area contributed by atoms with Gasteiger partial charge in [0.15, 0.2) is 5.65 Å². The molecule has 1 aliphatic heterocycles. The number of amides is 1. The van der Waals surface area contributed by atoms with E-state index < -0.39 is 0 Å². The number of carbonyl (C=O) groups excluding carboxylic acids is 1. The zero-order valence-corrected chi connectivity index (χ0v) is 21.3. The van der Waals surface area contributed by atoms with Crippen molar-refractivity contribution in [2.24, 2.45) is 0 Å². The first-order chi connectivity index (χ1) is 18.6. The number of hydrogen-bond donors (Lipinski definition) is 1. The monoisotopic (exact) mass is 505 g/mol. The first kappa shape index (κ1) is 23.6. The molecule has 0 radical (unpaired) electrons. The van der Waals surface area contributed by atoms with Gasteiger partial charge in [-0.3, -0.25) is 9.78 Å². The minimum atomic E-state index is 0.162. The van der Waals surface area contributed by atoms with Crippen LogP contribution in [0.1, 0.15) is 24.1 Å². The number of carbonyl (C=O) groups is 1. The molecule has 5 aromatic rings. The summed E-state index contributed by atoms with van der Waals surface area (Å²) >= 11 is 0. The smallest absolute Gasteiger partial charge is 0.227 e. The van der Waals surface area contributed by atoms with E-state index in [0.29, 0.717) is 24.5 Å². The van der Waals surface area contributed by atoms with Crippen LogP contribution in [-0.2, 0) is 11.3 Å². The molecular formula is C29H27N7O2. The van der Waals surface area contributed by atoms with Gasteiger partial charge in [-0.25, -0.2) is 14.6 Å². The number of nitrogens with one attached hydrogen (secondary N) is 1. The molecule has 1 aliphatic rings. The zero-order chi connectivity index (χ0) is 26.1. The Kier molecular flexibility index (Phi) is 6.17. The molecule has 9 heteroatoms. The fourth-order valence-electron chi connectivity index (χ4n) is 4.75. The number of ether oxygens (including phenoxy) is 1. The molecule has 38 heavy (non-hydrogen) atoms. The fraction of sp³-hybridized carbons (Fsp3) is 0.207. The Balaban J connectivity index is 1.24. The summed E-state index contributed by atoms with van der Waals surface area (Å²) in [4.78, 5) is 27.9. The number of methoxy groups -OCH3 is 1. The van der Waals surface area contributed by atoms with Crippen molar-refractivity contribution in [1.82, 2.24) is 24.7 Å². The van der Waals surface area contributed by atoms with Crippen LogP contribution in [0.2, 0.25) is 0 Å². The molecule has 0 saturated carbocycles. The van der Waals surface area contributed by atoms with Crippen LogP contribution >= 0.6 is 0 Å². The minimum Gasteiger partial charge on any atom is -0.497 e. The third-order valence-electron chi connectivity index (χ3n) is 6.70. The van der Waals surface area contributed by atoms with Gasteiger partial charge in [-0.2, -0.15) is 5.10 Å². The Morgan fingerprint density at radius 3 is 2.71 bits per heavy atom. The Morgan fingerprint density at radius 1 is 1.05 bits per heavy atom. The highest BCUT2D eigenvalue weighted by atomic mass is 16.5. The van der Waals surface area contributed by atoms with Crippen LogP contribution in [0, 0.1) is 6.92 Å². The summed E-state index contributed by atoms with van der Waals surface area (Å²) in [6.07, 6.45) is 6.71. The van der Waals surface area contributed by atoms with Crippen molar-refractivity contribution in [3.63, 3.8) is 0 Å². The van der Waals surface area contributed by atoms with Crippen LogP contribution in [0.5, 0.6) is 5.75 Å². The van der Waals surface area contributed by atoms with Crippen LogP contribution in [0.25, 0.3) is 22.3 Å². The second-order valence-electron chi connectivity index (χ2n) is 9.30. The molecule has 0 atom stereocenters. The van der Waals surface area contributed by atoms with Gasteiger partial charge in [0.2, 0.25) is 5.91 Å². The highest BCUT2D eigenvalue weighted by Gasteiger charge is 2.21. The molecule has 9 nitrogen and oxygen atoms in total. The molecule has 4 heterocycles. The number of pyridine rings is 1. The lowest BCUT2D eigenvalue weighted by atomic mass is 10.1. The average molecular weight is 506 g/mol. The van der Waals surface area contributed by atoms with Gasteiger partial charge in [-0.05, 0) is 55.3 Å². The molecule has 1 saturated heterocycles. The van der Waals surface area contributed by atoms with Gasteiger partial charge in [-0.1, -0.05) is 18.2 Å². The molecule has 1 N–H and O–H groups in total. The van der Waals surface area contributed by atoms with Gasteiger partial charge in [0, 0.05) is 41.5 Å². The van der Waals surface area contributed by atoms with E-state index in [1.807, 2.05) is 65.0 Å². The Morgan fingerprint density at radius 2 is 1.92 bits per heavy atom. The number of aryl methyl sites for hydroxylation is 1. The normalized spacial score (nSPS) is 13.3. The van der Waals surface area contributed by atoms with E-state index in [9.17, 15) is 4.79 Å². The number of rotatable bonds is 7. The van der Waals surface area contributed by atoms with Gasteiger partial charge in [0.25, 0.3) is 0 Å². The molecule has 190 valence electrons. The quantitative estimate of drug-likeness (QED) is 0.328. The molecule has 0 bridgehead atoms. The maximum Gasteiger partial charge on any atom is 0.227 e. The fourth-order valence-corrected chi connectivity index (χ4v) is 4.75. The van der Waals surface area contributed by atoms with Gasteiger partial charge in [0.1, 0.15) is 11.6 Å². The summed E-state index contributed by atoms with van der Waals surface area (Å²) < 4.78 is 7.17. The number of nitrogens with zero attached hydrogens (tertiary/aromatic N) is 6. The highest BCUT2D eigenvalue weighted by Crippen LogP contribution is 2.28. The zero-order valence-electron chi connectivity index (χ0n) is 21.3. The van der Waals surface area contributed by atoms with E-state index in [-0.39, 0.29) is 5.91 Å². The van der Waals surface area contributed by atoms with E-state index in [1.165, 1.54) is 0 Å². The number of fused-ring (bicyclic) bond motifs is 1. The number of hydrogen-bond acceptors (Lipinski definition) is 7. The summed E-state index contributed by atoms with van der Waals surface area (Å²) in [5.74, 6) is 1.60. The SMILES string of the molecule is COc1ccc(Cn2nc(C)c3cc(-c4cncc(Nc5cccc(N6CCCC6=O)c5)n4)cnc32)cc1. The summed E-state index contributed by atoms with van der Waals surface area (Å²) in [6, 6.07) is 17.8. The van der Waals surface area contributed by atoms with Crippen molar-refractivity contribution < 1.29 is 9.53 Å². The van der Waals surface area contributed by atoms with Gasteiger partial charge < -0.3 is 15.0 Å². The molecular weight excluding hydrogens is 478 g/mol. The van der Waals surface area contributed by atoms with Crippen LogP contribution in [0.15, 0.2) is 73.2 Å². The second-order valence-corrected chi connectivity index (χ2v) is 9.30. The first-order valence-electron chi connectivity index (χ1n) is 12.5. The third kappa shape index (κ3) is 4.66. The van der Waals surface area contributed by atoms with Crippen molar-refractivity contribution in [3.05, 3.63) is 84.4 Å². The van der Waals surface area contributed by atoms with Crippen molar-refractivity contribution in [2.75, 3.05) is 23.9 Å².